The van der Waals surface area contributed by atoms with Crippen molar-refractivity contribution in [2.24, 2.45) is 0 Å². The summed E-state index contributed by atoms with van der Waals surface area (Å²) < 4.78 is 40.6. The lowest BCUT2D eigenvalue weighted by atomic mass is 9.95. The van der Waals surface area contributed by atoms with E-state index in [4.69, 9.17) is 0 Å². The molecule has 2 rings (SSSR count). The summed E-state index contributed by atoms with van der Waals surface area (Å²) in [4.78, 5) is 0. The molecule has 2 aromatic carbocycles. The summed E-state index contributed by atoms with van der Waals surface area (Å²) in [6, 6.07) is 6.79. The average molecular weight is 280 g/mol. The third kappa shape index (κ3) is 2.85. The van der Waals surface area contributed by atoms with Crippen LogP contribution in [-0.4, -0.2) is 5.11 Å². The van der Waals surface area contributed by atoms with Crippen molar-refractivity contribution in [1.82, 2.24) is 0 Å². The van der Waals surface area contributed by atoms with Gasteiger partial charge in [0.1, 0.15) is 5.82 Å². The maximum absolute atomic E-state index is 13.9. The van der Waals surface area contributed by atoms with Crippen molar-refractivity contribution in [3.05, 3.63) is 70.0 Å². The molecule has 0 heterocycles. The van der Waals surface area contributed by atoms with Crippen LogP contribution in [0, 0.1) is 31.3 Å². The number of rotatable bonds is 3. The summed E-state index contributed by atoms with van der Waals surface area (Å²) in [6.45, 7) is 3.43. The molecule has 0 aliphatic rings. The molecule has 0 radical (unpaired) electrons. The Hall–Kier alpha value is -1.81. The lowest BCUT2D eigenvalue weighted by Gasteiger charge is -2.16. The smallest absolute Gasteiger partial charge is 0.162 e. The molecular weight excluding hydrogens is 265 g/mol. The number of halogens is 3. The molecule has 0 saturated carbocycles. The van der Waals surface area contributed by atoms with Gasteiger partial charge in [-0.2, -0.15) is 0 Å². The molecular formula is C16H15F3O. The molecule has 0 saturated heterocycles. The number of aliphatic hydroxyl groups is 1. The normalized spacial score (nSPS) is 12.5. The van der Waals surface area contributed by atoms with Crippen LogP contribution in [0.25, 0.3) is 0 Å². The fraction of sp³-hybridized carbons (Fsp3) is 0.250. The van der Waals surface area contributed by atoms with Crippen LogP contribution in [0.15, 0.2) is 30.3 Å². The van der Waals surface area contributed by atoms with Gasteiger partial charge in [0, 0.05) is 12.0 Å². The van der Waals surface area contributed by atoms with Crippen LogP contribution < -0.4 is 0 Å². The predicted octanol–water partition coefficient (Wildman–Crippen LogP) is 4.00. The van der Waals surface area contributed by atoms with Crippen molar-refractivity contribution in [3.8, 4) is 0 Å². The molecule has 0 fully saturated rings. The van der Waals surface area contributed by atoms with Crippen molar-refractivity contribution >= 4 is 0 Å². The van der Waals surface area contributed by atoms with Crippen molar-refractivity contribution < 1.29 is 18.3 Å². The molecule has 1 atom stereocenters. The highest BCUT2D eigenvalue weighted by Crippen LogP contribution is 2.27. The van der Waals surface area contributed by atoms with E-state index in [2.05, 4.69) is 0 Å². The predicted molar refractivity (Wildman–Crippen MR) is 70.9 cm³/mol. The second-order valence-electron chi connectivity index (χ2n) is 4.91. The lowest BCUT2D eigenvalue weighted by Crippen LogP contribution is -2.09. The Balaban J connectivity index is 2.33. The van der Waals surface area contributed by atoms with Gasteiger partial charge in [-0.3, -0.25) is 0 Å². The molecule has 0 aliphatic carbocycles. The minimum absolute atomic E-state index is 0.0249. The van der Waals surface area contributed by atoms with Gasteiger partial charge < -0.3 is 5.11 Å². The van der Waals surface area contributed by atoms with Crippen LogP contribution in [0.2, 0.25) is 0 Å². The van der Waals surface area contributed by atoms with Crippen LogP contribution in [0.5, 0.6) is 0 Å². The lowest BCUT2D eigenvalue weighted by molar-refractivity contribution is 0.171. The third-order valence-electron chi connectivity index (χ3n) is 3.26. The molecule has 0 aliphatic heterocycles. The van der Waals surface area contributed by atoms with E-state index in [9.17, 15) is 18.3 Å². The number of hydrogen-bond acceptors (Lipinski definition) is 1. The first-order valence-corrected chi connectivity index (χ1v) is 6.27. The third-order valence-corrected chi connectivity index (χ3v) is 3.26. The summed E-state index contributed by atoms with van der Waals surface area (Å²) in [5.74, 6) is -2.51. The minimum atomic E-state index is -1.22. The van der Waals surface area contributed by atoms with Gasteiger partial charge in [-0.1, -0.05) is 18.2 Å². The molecule has 106 valence electrons. The highest BCUT2D eigenvalue weighted by molar-refractivity contribution is 5.34. The highest BCUT2D eigenvalue weighted by atomic mass is 19.2. The first kappa shape index (κ1) is 14.6. The Kier molecular flexibility index (Phi) is 4.14. The van der Waals surface area contributed by atoms with Gasteiger partial charge >= 0.3 is 0 Å². The molecule has 4 heteroatoms. The molecule has 1 nitrogen and oxygen atoms in total. The molecule has 20 heavy (non-hydrogen) atoms. The van der Waals surface area contributed by atoms with Gasteiger partial charge in [0.25, 0.3) is 0 Å². The minimum Gasteiger partial charge on any atom is -0.388 e. The van der Waals surface area contributed by atoms with Gasteiger partial charge in [0.15, 0.2) is 11.6 Å². The van der Waals surface area contributed by atoms with Crippen LogP contribution in [-0.2, 0) is 6.42 Å². The zero-order chi connectivity index (χ0) is 14.9. The zero-order valence-electron chi connectivity index (χ0n) is 11.3. The summed E-state index contributed by atoms with van der Waals surface area (Å²) in [5.41, 5.74) is 1.48. The fourth-order valence-electron chi connectivity index (χ4n) is 2.37. The van der Waals surface area contributed by atoms with Gasteiger partial charge in [-0.15, -0.1) is 0 Å². The maximum atomic E-state index is 13.9. The Morgan fingerprint density at radius 1 is 1.05 bits per heavy atom. The van der Waals surface area contributed by atoms with Crippen LogP contribution >= 0.6 is 0 Å². The average Bonchev–Trinajstić information content (AvgIpc) is 2.33. The zero-order valence-corrected chi connectivity index (χ0v) is 11.3. The Bertz CT molecular complexity index is 615. The highest BCUT2D eigenvalue weighted by Gasteiger charge is 2.19. The molecule has 0 spiro atoms. The van der Waals surface area contributed by atoms with Gasteiger partial charge in [0.2, 0.25) is 0 Å². The molecule has 2 aromatic rings. The molecule has 1 N–H and O–H groups in total. The van der Waals surface area contributed by atoms with E-state index in [-0.39, 0.29) is 17.5 Å². The summed E-state index contributed by atoms with van der Waals surface area (Å²) in [5, 5.41) is 10.1. The maximum Gasteiger partial charge on any atom is 0.162 e. The van der Waals surface area contributed by atoms with E-state index in [1.54, 1.807) is 19.9 Å². The van der Waals surface area contributed by atoms with E-state index in [1.807, 2.05) is 0 Å². The summed E-state index contributed by atoms with van der Waals surface area (Å²) in [6.07, 6.45) is -1.39. The van der Waals surface area contributed by atoms with E-state index in [1.165, 1.54) is 18.2 Å². The summed E-state index contributed by atoms with van der Waals surface area (Å²) in [7, 11) is 0. The van der Waals surface area contributed by atoms with E-state index in [0.29, 0.717) is 5.56 Å². The first-order valence-electron chi connectivity index (χ1n) is 6.27. The van der Waals surface area contributed by atoms with E-state index < -0.39 is 23.6 Å². The van der Waals surface area contributed by atoms with Gasteiger partial charge in [-0.05, 0) is 42.7 Å². The second-order valence-corrected chi connectivity index (χ2v) is 4.91. The Morgan fingerprint density at radius 3 is 2.40 bits per heavy atom. The number of aliphatic hydroxyl groups excluding tert-OH is 1. The van der Waals surface area contributed by atoms with Crippen LogP contribution in [0.3, 0.4) is 0 Å². The van der Waals surface area contributed by atoms with Crippen molar-refractivity contribution in [3.63, 3.8) is 0 Å². The number of aryl methyl sites for hydroxylation is 2. The molecule has 1 unspecified atom stereocenters. The molecule has 0 aromatic heterocycles. The largest absolute Gasteiger partial charge is 0.388 e. The topological polar surface area (TPSA) is 20.2 Å². The summed E-state index contributed by atoms with van der Waals surface area (Å²) >= 11 is 0. The number of benzene rings is 2. The monoisotopic (exact) mass is 280 g/mol. The molecule has 0 amide bonds. The van der Waals surface area contributed by atoms with Gasteiger partial charge in [0.05, 0.1) is 6.10 Å². The fourth-order valence-corrected chi connectivity index (χ4v) is 2.37. The Labute approximate surface area is 115 Å². The van der Waals surface area contributed by atoms with Crippen molar-refractivity contribution in [1.29, 1.82) is 0 Å². The van der Waals surface area contributed by atoms with Gasteiger partial charge in [-0.25, -0.2) is 13.2 Å². The Morgan fingerprint density at radius 2 is 1.75 bits per heavy atom. The second kappa shape index (κ2) is 5.67. The molecule has 0 bridgehead atoms. The van der Waals surface area contributed by atoms with Crippen molar-refractivity contribution in [2.45, 2.75) is 26.4 Å². The standard InChI is InChI=1S/C16H15F3O/c1-9-6-10(2)15(13(18)7-9)14(20)8-11-4-3-5-12(17)16(11)19/h3-7,14,20H,8H2,1-2H3. The van der Waals surface area contributed by atoms with Crippen molar-refractivity contribution in [2.75, 3.05) is 0 Å². The SMILES string of the molecule is Cc1cc(C)c(C(O)Cc2cccc(F)c2F)c(F)c1. The quantitative estimate of drug-likeness (QED) is 0.901. The van der Waals surface area contributed by atoms with E-state index in [0.717, 1.165) is 11.6 Å². The number of hydrogen-bond donors (Lipinski definition) is 1. The van der Waals surface area contributed by atoms with Crippen LogP contribution in [0.4, 0.5) is 13.2 Å². The van der Waals surface area contributed by atoms with E-state index >= 15 is 0 Å². The first-order chi connectivity index (χ1) is 9.40. The van der Waals surface area contributed by atoms with Crippen LogP contribution in [0.1, 0.15) is 28.4 Å².